The molecule has 2 aromatic rings. The van der Waals surface area contributed by atoms with Crippen molar-refractivity contribution >= 4 is 12.2 Å². The summed E-state index contributed by atoms with van der Waals surface area (Å²) in [6, 6.07) is 19.1. The Labute approximate surface area is 170 Å². The molecule has 1 amide bonds. The van der Waals surface area contributed by atoms with Crippen LogP contribution in [-0.4, -0.2) is 61.4 Å². The summed E-state index contributed by atoms with van der Waals surface area (Å²) in [4.78, 5) is 27.7. The van der Waals surface area contributed by atoms with Crippen LogP contribution in [-0.2, 0) is 27.4 Å². The second-order valence-corrected chi connectivity index (χ2v) is 6.74. The number of carbonyl (C=O) groups excluding carboxylic acids is 2. The molecule has 1 saturated heterocycles. The molecule has 0 N–H and O–H groups in total. The first kappa shape index (κ1) is 20.7. The van der Waals surface area contributed by atoms with Crippen LogP contribution in [0, 0.1) is 0 Å². The highest BCUT2D eigenvalue weighted by Crippen LogP contribution is 2.07. The number of piperazine rings is 1. The van der Waals surface area contributed by atoms with Gasteiger partial charge in [0.25, 0.3) is 0 Å². The van der Waals surface area contributed by atoms with Crippen LogP contribution in [0.15, 0.2) is 60.7 Å². The molecule has 0 atom stereocenters. The molecule has 0 spiro atoms. The van der Waals surface area contributed by atoms with Crippen molar-refractivity contribution in [2.75, 3.05) is 39.3 Å². The molecule has 3 rings (SSSR count). The minimum atomic E-state index is -0.669. The number of rotatable bonds is 7. The number of carbonyl (C=O) groups is 2. The fourth-order valence-corrected chi connectivity index (χ4v) is 2.98. The van der Waals surface area contributed by atoms with Crippen molar-refractivity contribution in [3.05, 3.63) is 71.8 Å². The van der Waals surface area contributed by atoms with E-state index in [-0.39, 0.29) is 25.9 Å². The summed E-state index contributed by atoms with van der Waals surface area (Å²) in [5.74, 6) is 0. The van der Waals surface area contributed by atoms with E-state index in [1.807, 2.05) is 60.7 Å². The molecule has 1 heterocycles. The lowest BCUT2D eigenvalue weighted by atomic mass is 10.2. The Morgan fingerprint density at radius 1 is 0.724 bits per heavy atom. The van der Waals surface area contributed by atoms with Crippen molar-refractivity contribution in [3.63, 3.8) is 0 Å². The zero-order valence-corrected chi connectivity index (χ0v) is 16.4. The van der Waals surface area contributed by atoms with Crippen LogP contribution in [0.3, 0.4) is 0 Å². The minimum Gasteiger partial charge on any atom is -0.445 e. The van der Waals surface area contributed by atoms with Crippen LogP contribution in [0.5, 0.6) is 0 Å². The second-order valence-electron chi connectivity index (χ2n) is 6.74. The Kier molecular flexibility index (Phi) is 7.89. The summed E-state index contributed by atoms with van der Waals surface area (Å²) < 4.78 is 15.6. The quantitative estimate of drug-likeness (QED) is 0.667. The Bertz CT molecular complexity index is 759. The van der Waals surface area contributed by atoms with Gasteiger partial charge in [-0.05, 0) is 11.1 Å². The van der Waals surface area contributed by atoms with Crippen molar-refractivity contribution in [1.82, 2.24) is 9.80 Å². The van der Waals surface area contributed by atoms with Gasteiger partial charge in [0.05, 0.1) is 0 Å². The Hall–Kier alpha value is -3.06. The monoisotopic (exact) mass is 398 g/mol. The summed E-state index contributed by atoms with van der Waals surface area (Å²) in [6.45, 7) is 3.94. The molecule has 154 valence electrons. The summed E-state index contributed by atoms with van der Waals surface area (Å²) >= 11 is 0. The lowest BCUT2D eigenvalue weighted by molar-refractivity contribution is 0.0354. The molecular weight excluding hydrogens is 372 g/mol. The lowest BCUT2D eigenvalue weighted by Crippen LogP contribution is -2.49. The molecule has 0 radical (unpaired) electrons. The maximum absolute atomic E-state index is 12.2. The normalized spacial score (nSPS) is 14.3. The van der Waals surface area contributed by atoms with Gasteiger partial charge in [-0.3, -0.25) is 4.90 Å². The van der Waals surface area contributed by atoms with Crippen molar-refractivity contribution in [3.8, 4) is 0 Å². The largest absolute Gasteiger partial charge is 0.508 e. The standard InChI is InChI=1S/C22H26N2O5/c25-21(28-17-19-7-3-1-4-8-19)24-13-11-23(12-14-24)15-16-27-22(26)29-18-20-9-5-2-6-10-20/h1-10H,11-18H2. The maximum Gasteiger partial charge on any atom is 0.508 e. The minimum absolute atomic E-state index is 0.198. The lowest BCUT2D eigenvalue weighted by Gasteiger charge is -2.33. The molecule has 0 bridgehead atoms. The maximum atomic E-state index is 12.2. The molecule has 1 aliphatic rings. The van der Waals surface area contributed by atoms with E-state index < -0.39 is 6.16 Å². The van der Waals surface area contributed by atoms with Gasteiger partial charge in [-0.2, -0.15) is 0 Å². The van der Waals surface area contributed by atoms with Crippen molar-refractivity contribution in [1.29, 1.82) is 0 Å². The Morgan fingerprint density at radius 3 is 1.86 bits per heavy atom. The van der Waals surface area contributed by atoms with Crippen molar-refractivity contribution in [2.45, 2.75) is 13.2 Å². The summed E-state index contributed by atoms with van der Waals surface area (Å²) in [5.41, 5.74) is 1.88. The summed E-state index contributed by atoms with van der Waals surface area (Å²) in [7, 11) is 0. The molecule has 7 heteroatoms. The first-order valence-electron chi connectivity index (χ1n) is 9.72. The Balaban J connectivity index is 1.26. The third kappa shape index (κ3) is 7.12. The average molecular weight is 398 g/mol. The summed E-state index contributed by atoms with van der Waals surface area (Å²) in [5, 5.41) is 0. The molecule has 0 saturated carbocycles. The molecule has 1 fully saturated rings. The molecule has 0 unspecified atom stereocenters. The highest BCUT2D eigenvalue weighted by Gasteiger charge is 2.22. The predicted molar refractivity (Wildman–Crippen MR) is 107 cm³/mol. The van der Waals surface area contributed by atoms with Gasteiger partial charge in [0.1, 0.15) is 19.8 Å². The smallest absolute Gasteiger partial charge is 0.445 e. The topological polar surface area (TPSA) is 68.3 Å². The van der Waals surface area contributed by atoms with Gasteiger partial charge in [0, 0.05) is 32.7 Å². The number of ether oxygens (including phenoxy) is 3. The van der Waals surface area contributed by atoms with Gasteiger partial charge in [0.15, 0.2) is 0 Å². The first-order chi connectivity index (χ1) is 14.2. The van der Waals surface area contributed by atoms with Gasteiger partial charge in [-0.1, -0.05) is 60.7 Å². The highest BCUT2D eigenvalue weighted by atomic mass is 16.7. The van der Waals surface area contributed by atoms with Gasteiger partial charge in [-0.15, -0.1) is 0 Å². The molecule has 2 aromatic carbocycles. The molecule has 0 aromatic heterocycles. The first-order valence-corrected chi connectivity index (χ1v) is 9.72. The van der Waals surface area contributed by atoms with E-state index in [2.05, 4.69) is 4.90 Å². The van der Waals surface area contributed by atoms with Crippen LogP contribution in [0.1, 0.15) is 11.1 Å². The zero-order valence-electron chi connectivity index (χ0n) is 16.4. The third-order valence-corrected chi connectivity index (χ3v) is 4.66. The van der Waals surface area contributed by atoms with Crippen LogP contribution < -0.4 is 0 Å². The van der Waals surface area contributed by atoms with Gasteiger partial charge < -0.3 is 19.1 Å². The van der Waals surface area contributed by atoms with E-state index in [1.165, 1.54) is 0 Å². The van der Waals surface area contributed by atoms with E-state index >= 15 is 0 Å². The van der Waals surface area contributed by atoms with Gasteiger partial charge in [0.2, 0.25) is 0 Å². The fourth-order valence-electron chi connectivity index (χ4n) is 2.98. The number of nitrogens with zero attached hydrogens (tertiary/aromatic N) is 2. The highest BCUT2D eigenvalue weighted by molar-refractivity contribution is 5.67. The number of hydrogen-bond donors (Lipinski definition) is 0. The van der Waals surface area contributed by atoms with Gasteiger partial charge in [-0.25, -0.2) is 9.59 Å². The van der Waals surface area contributed by atoms with E-state index in [0.717, 1.165) is 11.1 Å². The number of benzene rings is 2. The predicted octanol–water partition coefficient (Wildman–Crippen LogP) is 3.29. The van der Waals surface area contributed by atoms with E-state index in [4.69, 9.17) is 14.2 Å². The van der Waals surface area contributed by atoms with Crippen LogP contribution >= 0.6 is 0 Å². The molecule has 1 aliphatic heterocycles. The van der Waals surface area contributed by atoms with E-state index in [1.54, 1.807) is 4.90 Å². The van der Waals surface area contributed by atoms with Gasteiger partial charge >= 0.3 is 12.2 Å². The van der Waals surface area contributed by atoms with E-state index in [0.29, 0.717) is 32.7 Å². The second kappa shape index (κ2) is 11.1. The molecule has 7 nitrogen and oxygen atoms in total. The number of hydrogen-bond acceptors (Lipinski definition) is 6. The molecular formula is C22H26N2O5. The Morgan fingerprint density at radius 2 is 1.28 bits per heavy atom. The van der Waals surface area contributed by atoms with Crippen molar-refractivity contribution < 1.29 is 23.8 Å². The SMILES string of the molecule is O=C(OCCN1CCN(C(=O)OCc2ccccc2)CC1)OCc1ccccc1. The van der Waals surface area contributed by atoms with E-state index in [9.17, 15) is 9.59 Å². The van der Waals surface area contributed by atoms with Crippen LogP contribution in [0.4, 0.5) is 9.59 Å². The zero-order chi connectivity index (χ0) is 20.3. The van der Waals surface area contributed by atoms with Crippen LogP contribution in [0.2, 0.25) is 0 Å². The molecule has 0 aliphatic carbocycles. The average Bonchev–Trinajstić information content (AvgIpc) is 2.78. The van der Waals surface area contributed by atoms with Crippen molar-refractivity contribution in [2.24, 2.45) is 0 Å². The summed E-state index contributed by atoms with van der Waals surface area (Å²) in [6.07, 6.45) is -0.966. The fraction of sp³-hybridized carbons (Fsp3) is 0.364. The number of amides is 1. The third-order valence-electron chi connectivity index (χ3n) is 4.66. The molecule has 29 heavy (non-hydrogen) atoms. The van der Waals surface area contributed by atoms with Crippen LogP contribution in [0.25, 0.3) is 0 Å².